The Labute approximate surface area is 264 Å². The van der Waals surface area contributed by atoms with Crippen molar-refractivity contribution in [1.82, 2.24) is 0 Å². The SMILES string of the molecule is Cc1ccc(N(c2cc(S(=O)(=O)c3ccc(C)cc3)c(O)c(S(=O)(=O)c3ccc(C)cc3)c2)S(=O)(=O)c2ccc(C)cc2)cc1. The molecule has 0 spiro atoms. The summed E-state index contributed by atoms with van der Waals surface area (Å²) in [5, 5.41) is 11.4. The molecular weight excluding hydrogens is 631 g/mol. The summed E-state index contributed by atoms with van der Waals surface area (Å²) in [6.45, 7) is 7.17. The maximum atomic E-state index is 14.3. The first-order valence-corrected chi connectivity index (χ1v) is 18.2. The van der Waals surface area contributed by atoms with E-state index in [0.29, 0.717) is 0 Å². The molecule has 0 fully saturated rings. The zero-order chi connectivity index (χ0) is 32.7. The molecule has 5 aromatic carbocycles. The van der Waals surface area contributed by atoms with Crippen LogP contribution in [0.5, 0.6) is 5.75 Å². The van der Waals surface area contributed by atoms with Crippen molar-refractivity contribution in [2.24, 2.45) is 0 Å². The molecule has 0 atom stereocenters. The molecule has 0 aliphatic rings. The maximum absolute atomic E-state index is 14.3. The third-order valence-corrected chi connectivity index (χ3v) is 12.7. The first-order valence-electron chi connectivity index (χ1n) is 13.8. The van der Waals surface area contributed by atoms with Crippen molar-refractivity contribution < 1.29 is 30.4 Å². The van der Waals surface area contributed by atoms with E-state index in [1.165, 1.54) is 48.5 Å². The third kappa shape index (κ3) is 6.11. The average Bonchev–Trinajstić information content (AvgIpc) is 2.99. The van der Waals surface area contributed by atoms with E-state index in [1.807, 2.05) is 6.92 Å². The Morgan fingerprint density at radius 2 is 0.756 bits per heavy atom. The molecule has 0 unspecified atom stereocenters. The minimum absolute atomic E-state index is 0.104. The fraction of sp³-hybridized carbons (Fsp3) is 0.118. The number of hydrogen-bond acceptors (Lipinski definition) is 7. The van der Waals surface area contributed by atoms with Crippen LogP contribution in [0.25, 0.3) is 0 Å². The smallest absolute Gasteiger partial charge is 0.268 e. The van der Waals surface area contributed by atoms with E-state index in [0.717, 1.165) is 38.7 Å². The van der Waals surface area contributed by atoms with Gasteiger partial charge < -0.3 is 5.11 Å². The van der Waals surface area contributed by atoms with Gasteiger partial charge in [0.25, 0.3) is 10.0 Å². The Kier molecular flexibility index (Phi) is 8.39. The molecule has 0 aliphatic carbocycles. The second-order valence-corrected chi connectivity index (χ2v) is 16.5. The number of sulfone groups is 2. The number of hydrogen-bond donors (Lipinski definition) is 1. The lowest BCUT2D eigenvalue weighted by atomic mass is 10.2. The number of phenolic OH excluding ortho intramolecular Hbond substituents is 1. The predicted octanol–water partition coefficient (Wildman–Crippen LogP) is 6.82. The van der Waals surface area contributed by atoms with Crippen molar-refractivity contribution in [2.45, 2.75) is 52.2 Å². The van der Waals surface area contributed by atoms with E-state index < -0.39 is 45.2 Å². The van der Waals surface area contributed by atoms with Gasteiger partial charge in [0, 0.05) is 0 Å². The van der Waals surface area contributed by atoms with Gasteiger partial charge in [-0.05, 0) is 88.4 Å². The summed E-state index contributed by atoms with van der Waals surface area (Å²) in [5.74, 6) is -1.02. The number of rotatable bonds is 8. The van der Waals surface area contributed by atoms with Gasteiger partial charge in [-0.2, -0.15) is 0 Å². The number of aryl methyl sites for hydroxylation is 4. The van der Waals surface area contributed by atoms with Gasteiger partial charge in [0.05, 0.1) is 26.1 Å². The van der Waals surface area contributed by atoms with Crippen molar-refractivity contribution in [1.29, 1.82) is 0 Å². The lowest BCUT2D eigenvalue weighted by Crippen LogP contribution is -2.27. The zero-order valence-electron chi connectivity index (χ0n) is 25.0. The van der Waals surface area contributed by atoms with Crippen LogP contribution in [-0.4, -0.2) is 30.4 Å². The highest BCUT2D eigenvalue weighted by Crippen LogP contribution is 2.43. The van der Waals surface area contributed by atoms with Crippen LogP contribution in [-0.2, 0) is 29.7 Å². The first kappa shape index (κ1) is 32.0. The highest BCUT2D eigenvalue weighted by Gasteiger charge is 2.34. The Bertz CT molecular complexity index is 2110. The molecule has 0 aliphatic heterocycles. The molecule has 232 valence electrons. The Morgan fingerprint density at radius 1 is 0.444 bits per heavy atom. The lowest BCUT2D eigenvalue weighted by molar-refractivity contribution is 0.442. The van der Waals surface area contributed by atoms with Crippen molar-refractivity contribution in [3.8, 4) is 5.75 Å². The van der Waals surface area contributed by atoms with Gasteiger partial charge in [0.1, 0.15) is 9.79 Å². The van der Waals surface area contributed by atoms with Gasteiger partial charge in [-0.3, -0.25) is 0 Å². The topological polar surface area (TPSA) is 126 Å². The molecule has 0 amide bonds. The number of phenols is 1. The molecular formula is C34H31NO7S3. The van der Waals surface area contributed by atoms with Crippen LogP contribution in [0.15, 0.2) is 134 Å². The van der Waals surface area contributed by atoms with E-state index in [4.69, 9.17) is 0 Å². The van der Waals surface area contributed by atoms with E-state index in [-0.39, 0.29) is 26.1 Å². The largest absolute Gasteiger partial charge is 0.505 e. The fourth-order valence-corrected chi connectivity index (χ4v) is 9.02. The second kappa shape index (κ2) is 11.8. The zero-order valence-corrected chi connectivity index (χ0v) is 27.4. The first-order chi connectivity index (χ1) is 21.1. The highest BCUT2D eigenvalue weighted by molar-refractivity contribution is 7.93. The number of nitrogens with zero attached hydrogens (tertiary/aromatic N) is 1. The van der Waals surface area contributed by atoms with Gasteiger partial charge in [-0.1, -0.05) is 70.8 Å². The summed E-state index contributed by atoms with van der Waals surface area (Å²) in [5.41, 5.74) is 3.05. The Morgan fingerprint density at radius 3 is 1.11 bits per heavy atom. The number of benzene rings is 5. The molecule has 0 heterocycles. The van der Waals surface area contributed by atoms with Crippen LogP contribution in [0, 0.1) is 27.7 Å². The quantitative estimate of drug-likeness (QED) is 0.193. The van der Waals surface area contributed by atoms with Gasteiger partial charge in [0.15, 0.2) is 5.75 Å². The molecule has 1 N–H and O–H groups in total. The molecule has 5 aromatic rings. The second-order valence-electron chi connectivity index (χ2n) is 10.8. The fourth-order valence-electron chi connectivity index (χ4n) is 4.71. The lowest BCUT2D eigenvalue weighted by Gasteiger charge is -2.26. The van der Waals surface area contributed by atoms with E-state index in [9.17, 15) is 30.4 Å². The van der Waals surface area contributed by atoms with Gasteiger partial charge in [0.2, 0.25) is 19.7 Å². The van der Waals surface area contributed by atoms with Crippen molar-refractivity contribution in [2.75, 3.05) is 4.31 Å². The molecule has 11 heteroatoms. The maximum Gasteiger partial charge on any atom is 0.268 e. The van der Waals surface area contributed by atoms with Gasteiger partial charge >= 0.3 is 0 Å². The molecule has 0 aromatic heterocycles. The monoisotopic (exact) mass is 661 g/mol. The molecule has 0 saturated heterocycles. The Balaban J connectivity index is 1.87. The van der Waals surface area contributed by atoms with Crippen LogP contribution >= 0.6 is 0 Å². The van der Waals surface area contributed by atoms with Crippen LogP contribution < -0.4 is 4.31 Å². The number of anilines is 2. The van der Waals surface area contributed by atoms with E-state index >= 15 is 0 Å². The highest BCUT2D eigenvalue weighted by atomic mass is 32.2. The van der Waals surface area contributed by atoms with Crippen molar-refractivity contribution >= 4 is 41.1 Å². The van der Waals surface area contributed by atoms with E-state index in [2.05, 4.69) is 0 Å². The normalized spacial score (nSPS) is 12.2. The molecule has 45 heavy (non-hydrogen) atoms. The average molecular weight is 662 g/mol. The van der Waals surface area contributed by atoms with Crippen LogP contribution in [0.1, 0.15) is 22.3 Å². The van der Waals surface area contributed by atoms with Gasteiger partial charge in [-0.15, -0.1) is 0 Å². The van der Waals surface area contributed by atoms with Crippen LogP contribution in [0.4, 0.5) is 11.4 Å². The standard InChI is InChI=1S/C34H31NO7S3/c1-23-5-13-27(14-6-23)35(45(41,42)31-19-11-26(4)12-20-31)28-21-32(43(37,38)29-15-7-24(2)8-16-29)34(36)33(22-28)44(39,40)30-17-9-25(3)10-18-30/h5-22,36H,1-4H3. The van der Waals surface area contributed by atoms with Gasteiger partial charge in [-0.25, -0.2) is 29.6 Å². The summed E-state index contributed by atoms with van der Waals surface area (Å²) < 4.78 is 85.6. The molecule has 0 bridgehead atoms. The summed E-state index contributed by atoms with van der Waals surface area (Å²) in [4.78, 5) is -2.03. The summed E-state index contributed by atoms with van der Waals surface area (Å²) in [7, 11) is -13.6. The van der Waals surface area contributed by atoms with Crippen LogP contribution in [0.3, 0.4) is 0 Å². The number of sulfonamides is 1. The minimum atomic E-state index is -4.55. The van der Waals surface area contributed by atoms with Crippen molar-refractivity contribution in [3.05, 3.63) is 131 Å². The minimum Gasteiger partial charge on any atom is -0.505 e. The van der Waals surface area contributed by atoms with E-state index in [1.54, 1.807) is 69.3 Å². The predicted molar refractivity (Wildman–Crippen MR) is 173 cm³/mol. The van der Waals surface area contributed by atoms with Crippen molar-refractivity contribution in [3.63, 3.8) is 0 Å². The molecule has 0 radical (unpaired) electrons. The summed E-state index contributed by atoms with van der Waals surface area (Å²) in [6.07, 6.45) is 0. The molecule has 8 nitrogen and oxygen atoms in total. The third-order valence-electron chi connectivity index (χ3n) is 7.33. The summed E-state index contributed by atoms with van der Waals surface area (Å²) >= 11 is 0. The molecule has 0 saturated carbocycles. The molecule has 5 rings (SSSR count). The Hall–Kier alpha value is -4.45. The number of aromatic hydroxyl groups is 1. The van der Waals surface area contributed by atoms with Crippen LogP contribution in [0.2, 0.25) is 0 Å². The summed E-state index contributed by atoms with van der Waals surface area (Å²) in [6, 6.07) is 26.1.